The van der Waals surface area contributed by atoms with Gasteiger partial charge in [0.25, 0.3) is 0 Å². The third-order valence-electron chi connectivity index (χ3n) is 7.95. The molecule has 4 fully saturated rings. The van der Waals surface area contributed by atoms with Gasteiger partial charge in [0, 0.05) is 5.57 Å². The van der Waals surface area contributed by atoms with E-state index >= 15 is 0 Å². The number of esters is 4. The summed E-state index contributed by atoms with van der Waals surface area (Å²) in [6, 6.07) is 0. The van der Waals surface area contributed by atoms with Crippen molar-refractivity contribution in [2.75, 3.05) is 7.11 Å². The first-order valence-electron chi connectivity index (χ1n) is 12.1. The Bertz CT molecular complexity index is 1150. The molecule has 0 radical (unpaired) electrons. The maximum absolute atomic E-state index is 13.3. The SMILES string of the molecule is C=C1C(=O)O[C@@H]2/C=C(\C)[C@@H]3O[C@@H]3/C=C(/C(=O)OC)[C@H](OC(=O)[C@]3(C)O[C@@H]3C)[C@@H](OC(=O)[C@]3(C)O[C@@H]3C)[C@@H]12. The summed E-state index contributed by atoms with van der Waals surface area (Å²) in [5.41, 5.74) is -1.84. The van der Waals surface area contributed by atoms with Crippen molar-refractivity contribution in [1.29, 1.82) is 0 Å². The molecule has 4 saturated heterocycles. The molecule has 5 rings (SSSR count). The maximum atomic E-state index is 13.3. The summed E-state index contributed by atoms with van der Waals surface area (Å²) in [6.45, 7) is 12.2. The van der Waals surface area contributed by atoms with Crippen molar-refractivity contribution in [3.05, 3.63) is 35.5 Å². The Morgan fingerprint density at radius 1 is 0.973 bits per heavy atom. The largest absolute Gasteiger partial charge is 0.466 e. The minimum atomic E-state index is -1.50. The Labute approximate surface area is 213 Å². The average molecular weight is 519 g/mol. The van der Waals surface area contributed by atoms with Crippen LogP contribution >= 0.6 is 0 Å². The highest BCUT2D eigenvalue weighted by Gasteiger charge is 2.62. The van der Waals surface area contributed by atoms with Crippen molar-refractivity contribution < 1.29 is 52.3 Å². The van der Waals surface area contributed by atoms with Crippen molar-refractivity contribution >= 4 is 23.9 Å². The van der Waals surface area contributed by atoms with Gasteiger partial charge in [-0.25, -0.2) is 19.2 Å². The van der Waals surface area contributed by atoms with Crippen LogP contribution in [0.2, 0.25) is 0 Å². The minimum absolute atomic E-state index is 0.00289. The van der Waals surface area contributed by atoms with E-state index in [-0.39, 0.29) is 17.3 Å². The van der Waals surface area contributed by atoms with E-state index in [1.165, 1.54) is 13.2 Å². The van der Waals surface area contributed by atoms with Crippen LogP contribution in [0.5, 0.6) is 0 Å². The number of carbonyl (C=O) groups excluding carboxylic acids is 4. The average Bonchev–Trinajstić information content (AvgIpc) is 3.79. The number of ether oxygens (including phenoxy) is 7. The molecular weight excluding hydrogens is 488 g/mol. The standard InChI is InChI=1S/C26H30O11/c1-10-8-15-17(11(2)21(27)33-15)20(35-24(30)26(6)13(4)37-26)19(34-23(29)25(5)12(3)36-25)14(22(28)31-7)9-16-18(10)32-16/h8-9,12-13,15-20H,2H2,1,3-7H3/b10-8+,14-9+/t12-,13-,15-,16-,17+,18+,19+,20+,25-,26-/m1/s1. The van der Waals surface area contributed by atoms with Gasteiger partial charge in [0.05, 0.1) is 30.8 Å². The normalized spacial score (nSPS) is 46.5. The van der Waals surface area contributed by atoms with Crippen LogP contribution in [0, 0.1) is 5.92 Å². The van der Waals surface area contributed by atoms with Crippen LogP contribution in [-0.2, 0) is 52.3 Å². The number of methoxy groups -OCH3 is 1. The van der Waals surface area contributed by atoms with Gasteiger partial charge >= 0.3 is 23.9 Å². The fourth-order valence-electron chi connectivity index (χ4n) is 4.87. The zero-order valence-electron chi connectivity index (χ0n) is 21.5. The monoisotopic (exact) mass is 518 g/mol. The summed E-state index contributed by atoms with van der Waals surface area (Å²) >= 11 is 0. The van der Waals surface area contributed by atoms with Crippen LogP contribution < -0.4 is 0 Å². The molecule has 4 heterocycles. The molecule has 10 atom stereocenters. The van der Waals surface area contributed by atoms with E-state index in [1.54, 1.807) is 40.7 Å². The topological polar surface area (TPSA) is 143 Å². The second kappa shape index (κ2) is 8.50. The minimum Gasteiger partial charge on any atom is -0.466 e. The van der Waals surface area contributed by atoms with Crippen molar-refractivity contribution in [2.45, 2.75) is 88.5 Å². The number of carbonyl (C=O) groups is 4. The molecule has 0 aromatic carbocycles. The molecule has 11 heteroatoms. The molecule has 11 nitrogen and oxygen atoms in total. The van der Waals surface area contributed by atoms with Crippen molar-refractivity contribution in [1.82, 2.24) is 0 Å². The highest BCUT2D eigenvalue weighted by Crippen LogP contribution is 2.44. The third-order valence-corrected chi connectivity index (χ3v) is 7.95. The molecule has 0 amide bonds. The maximum Gasteiger partial charge on any atom is 0.341 e. The van der Waals surface area contributed by atoms with Gasteiger partial charge in [0.1, 0.15) is 18.3 Å². The number of epoxide rings is 3. The van der Waals surface area contributed by atoms with Gasteiger partial charge in [-0.2, -0.15) is 0 Å². The Morgan fingerprint density at radius 2 is 1.54 bits per heavy atom. The van der Waals surface area contributed by atoms with Crippen molar-refractivity contribution in [2.24, 2.45) is 5.92 Å². The quantitative estimate of drug-likeness (QED) is 0.170. The summed E-state index contributed by atoms with van der Waals surface area (Å²) in [5, 5.41) is 0. The van der Waals surface area contributed by atoms with Gasteiger partial charge in [0.15, 0.2) is 23.4 Å². The van der Waals surface area contributed by atoms with Gasteiger partial charge in [-0.3, -0.25) is 0 Å². The van der Waals surface area contributed by atoms with E-state index in [9.17, 15) is 19.2 Å². The summed E-state index contributed by atoms with van der Waals surface area (Å²) < 4.78 is 39.0. The summed E-state index contributed by atoms with van der Waals surface area (Å²) in [4.78, 5) is 52.2. The predicted octanol–water partition coefficient (Wildman–Crippen LogP) is 1.09. The van der Waals surface area contributed by atoms with Crippen LogP contribution in [0.4, 0.5) is 0 Å². The molecule has 200 valence electrons. The van der Waals surface area contributed by atoms with Crippen LogP contribution in [0.25, 0.3) is 0 Å². The molecule has 0 aromatic rings. The van der Waals surface area contributed by atoms with Gasteiger partial charge in [-0.15, -0.1) is 0 Å². The lowest BCUT2D eigenvalue weighted by Crippen LogP contribution is -2.49. The van der Waals surface area contributed by atoms with E-state index in [0.29, 0.717) is 0 Å². The van der Waals surface area contributed by atoms with E-state index in [1.807, 2.05) is 0 Å². The lowest BCUT2D eigenvalue weighted by Gasteiger charge is -2.34. The van der Waals surface area contributed by atoms with Crippen LogP contribution in [0.3, 0.4) is 0 Å². The molecule has 0 bridgehead atoms. The predicted molar refractivity (Wildman–Crippen MR) is 123 cm³/mol. The molecule has 0 unspecified atom stereocenters. The highest BCUT2D eigenvalue weighted by atomic mass is 16.7. The fraction of sp³-hybridized carbons (Fsp3) is 0.615. The molecule has 0 aromatic heterocycles. The summed E-state index contributed by atoms with van der Waals surface area (Å²) in [5.74, 6) is -4.03. The molecule has 5 aliphatic rings. The number of hydrogen-bond donors (Lipinski definition) is 0. The summed E-state index contributed by atoms with van der Waals surface area (Å²) in [7, 11) is 1.18. The zero-order valence-corrected chi connectivity index (χ0v) is 21.5. The highest BCUT2D eigenvalue weighted by molar-refractivity contribution is 5.93. The van der Waals surface area contributed by atoms with Gasteiger partial charge in [-0.1, -0.05) is 6.58 Å². The van der Waals surface area contributed by atoms with E-state index < -0.39 is 77.6 Å². The number of fused-ring (bicyclic) bond motifs is 2. The van der Waals surface area contributed by atoms with Crippen molar-refractivity contribution in [3.63, 3.8) is 0 Å². The van der Waals surface area contributed by atoms with Crippen LogP contribution in [0.1, 0.15) is 34.6 Å². The lowest BCUT2D eigenvalue weighted by atomic mass is 9.83. The molecule has 4 aliphatic heterocycles. The van der Waals surface area contributed by atoms with E-state index in [2.05, 4.69) is 6.58 Å². The molecule has 0 N–H and O–H groups in total. The molecule has 0 saturated carbocycles. The van der Waals surface area contributed by atoms with Gasteiger partial charge < -0.3 is 33.2 Å². The first-order chi connectivity index (χ1) is 17.3. The first-order valence-corrected chi connectivity index (χ1v) is 12.1. The van der Waals surface area contributed by atoms with E-state index in [4.69, 9.17) is 33.2 Å². The first kappa shape index (κ1) is 25.6. The van der Waals surface area contributed by atoms with Gasteiger partial charge in [-0.05, 0) is 52.3 Å². The van der Waals surface area contributed by atoms with Gasteiger partial charge in [0.2, 0.25) is 0 Å². The molecular formula is C26H30O11. The zero-order chi connectivity index (χ0) is 27.0. The fourth-order valence-corrected chi connectivity index (χ4v) is 4.87. The molecule has 1 aliphatic carbocycles. The Balaban J connectivity index is 1.63. The second-order valence-corrected chi connectivity index (χ2v) is 10.4. The number of hydrogen-bond acceptors (Lipinski definition) is 11. The molecule has 0 spiro atoms. The lowest BCUT2D eigenvalue weighted by molar-refractivity contribution is -0.177. The van der Waals surface area contributed by atoms with E-state index in [0.717, 1.165) is 5.57 Å². The Hall–Kier alpha value is -3.02. The number of rotatable bonds is 5. The Kier molecular flexibility index (Phi) is 5.89. The summed E-state index contributed by atoms with van der Waals surface area (Å²) in [6.07, 6.45) is -2.37. The van der Waals surface area contributed by atoms with Crippen LogP contribution in [-0.4, -0.2) is 84.9 Å². The third kappa shape index (κ3) is 4.18. The Morgan fingerprint density at radius 3 is 2.08 bits per heavy atom. The second-order valence-electron chi connectivity index (χ2n) is 10.4. The van der Waals surface area contributed by atoms with Crippen molar-refractivity contribution in [3.8, 4) is 0 Å². The van der Waals surface area contributed by atoms with Crippen LogP contribution in [0.15, 0.2) is 35.5 Å². The molecule has 37 heavy (non-hydrogen) atoms. The smallest absolute Gasteiger partial charge is 0.341 e.